The first kappa shape index (κ1) is 16.3. The molecule has 0 unspecified atom stereocenters. The number of carbonyl (C=O) groups is 1. The van der Waals surface area contributed by atoms with Crippen LogP contribution < -0.4 is 4.74 Å². The van der Waals surface area contributed by atoms with Crippen LogP contribution in [0.4, 0.5) is 8.78 Å². The van der Waals surface area contributed by atoms with Gasteiger partial charge in [-0.1, -0.05) is 18.0 Å². The van der Waals surface area contributed by atoms with Crippen LogP contribution >= 0.6 is 0 Å². The highest BCUT2D eigenvalue weighted by Crippen LogP contribution is 2.29. The maximum absolute atomic E-state index is 12.8. The van der Waals surface area contributed by atoms with E-state index in [0.29, 0.717) is 18.8 Å². The summed E-state index contributed by atoms with van der Waals surface area (Å²) in [6.45, 7) is -2.46. The molecule has 1 amide bonds. The van der Waals surface area contributed by atoms with Crippen LogP contribution in [0.5, 0.6) is 5.88 Å². The number of carbonyl (C=O) groups excluding carboxylic acids is 1. The van der Waals surface area contributed by atoms with E-state index in [1.807, 2.05) is 0 Å². The SMILES string of the molecule is Cn1nc(C(=O)N2CCCCC[C@H]2c2ncon2)cc1OC(F)F. The quantitative estimate of drug-likeness (QED) is 0.847. The summed E-state index contributed by atoms with van der Waals surface area (Å²) < 4.78 is 35.0. The maximum Gasteiger partial charge on any atom is 0.388 e. The summed E-state index contributed by atoms with van der Waals surface area (Å²) in [5, 5.41) is 7.83. The van der Waals surface area contributed by atoms with Crippen LogP contribution in [-0.2, 0) is 7.05 Å². The molecular weight excluding hydrogens is 324 g/mol. The number of likely N-dealkylation sites (tertiary alicyclic amines) is 1. The largest absolute Gasteiger partial charge is 0.417 e. The van der Waals surface area contributed by atoms with Crippen LogP contribution in [0.2, 0.25) is 0 Å². The molecule has 1 aliphatic rings. The molecule has 0 spiro atoms. The van der Waals surface area contributed by atoms with E-state index in [9.17, 15) is 13.6 Å². The van der Waals surface area contributed by atoms with Gasteiger partial charge in [-0.2, -0.15) is 18.9 Å². The monoisotopic (exact) mass is 341 g/mol. The van der Waals surface area contributed by atoms with Crippen molar-refractivity contribution in [3.05, 3.63) is 24.0 Å². The number of hydrogen-bond acceptors (Lipinski definition) is 6. The molecular formula is C14H17F2N5O3. The number of nitrogens with zero attached hydrogens (tertiary/aromatic N) is 5. The minimum atomic E-state index is -2.98. The summed E-state index contributed by atoms with van der Waals surface area (Å²) in [6, 6.07) is 0.896. The molecule has 130 valence electrons. The maximum atomic E-state index is 12.8. The molecule has 8 nitrogen and oxygen atoms in total. The summed E-state index contributed by atoms with van der Waals surface area (Å²) in [4.78, 5) is 18.5. The molecule has 1 aliphatic heterocycles. The normalized spacial score (nSPS) is 18.7. The molecule has 0 bridgehead atoms. The minimum absolute atomic E-state index is 0.0449. The van der Waals surface area contributed by atoms with Gasteiger partial charge in [-0.05, 0) is 12.8 Å². The number of aryl methyl sites for hydroxylation is 1. The third kappa shape index (κ3) is 3.36. The summed E-state index contributed by atoms with van der Waals surface area (Å²) >= 11 is 0. The van der Waals surface area contributed by atoms with Crippen molar-refractivity contribution in [2.75, 3.05) is 6.54 Å². The van der Waals surface area contributed by atoms with E-state index in [4.69, 9.17) is 4.52 Å². The van der Waals surface area contributed by atoms with Crippen molar-refractivity contribution in [1.82, 2.24) is 24.8 Å². The van der Waals surface area contributed by atoms with Crippen molar-refractivity contribution < 1.29 is 22.8 Å². The Morgan fingerprint density at radius 3 is 2.96 bits per heavy atom. The molecule has 0 saturated carbocycles. The minimum Gasteiger partial charge on any atom is -0.417 e. The van der Waals surface area contributed by atoms with E-state index >= 15 is 0 Å². The summed E-state index contributed by atoms with van der Waals surface area (Å²) in [5.41, 5.74) is 0.0449. The number of aromatic nitrogens is 4. The van der Waals surface area contributed by atoms with Gasteiger partial charge in [0.1, 0.15) is 0 Å². The lowest BCUT2D eigenvalue weighted by atomic mass is 10.1. The topological polar surface area (TPSA) is 86.3 Å². The van der Waals surface area contributed by atoms with Crippen molar-refractivity contribution in [2.45, 2.75) is 38.3 Å². The van der Waals surface area contributed by atoms with Gasteiger partial charge in [0.05, 0.1) is 6.04 Å². The molecule has 1 atom stereocenters. The zero-order valence-electron chi connectivity index (χ0n) is 13.1. The van der Waals surface area contributed by atoms with Crippen molar-refractivity contribution in [1.29, 1.82) is 0 Å². The second kappa shape index (κ2) is 6.93. The van der Waals surface area contributed by atoms with Gasteiger partial charge < -0.3 is 14.2 Å². The lowest BCUT2D eigenvalue weighted by molar-refractivity contribution is -0.0553. The molecule has 10 heteroatoms. The third-order valence-electron chi connectivity index (χ3n) is 3.96. The van der Waals surface area contributed by atoms with Gasteiger partial charge in [-0.25, -0.2) is 4.68 Å². The zero-order chi connectivity index (χ0) is 17.1. The fraction of sp³-hybridized carbons (Fsp3) is 0.571. The molecule has 3 heterocycles. The Kier molecular flexibility index (Phi) is 4.72. The van der Waals surface area contributed by atoms with Gasteiger partial charge in [0.25, 0.3) is 5.91 Å². The standard InChI is InChI=1S/C14H17F2N5O3/c1-20-11(24-14(15)16)7-9(18-20)13(22)21-6-4-2-3-5-10(21)12-17-8-23-19-12/h7-8,10,14H,2-6H2,1H3/t10-/m0/s1. The van der Waals surface area contributed by atoms with Crippen LogP contribution in [0, 0.1) is 0 Å². The Morgan fingerprint density at radius 2 is 2.25 bits per heavy atom. The van der Waals surface area contributed by atoms with E-state index in [2.05, 4.69) is 20.0 Å². The van der Waals surface area contributed by atoms with Crippen molar-refractivity contribution in [2.24, 2.45) is 7.05 Å². The van der Waals surface area contributed by atoms with E-state index < -0.39 is 6.61 Å². The Bertz CT molecular complexity index is 689. The summed E-state index contributed by atoms with van der Waals surface area (Å²) in [7, 11) is 1.44. The molecule has 0 radical (unpaired) electrons. The Morgan fingerprint density at radius 1 is 1.42 bits per heavy atom. The summed E-state index contributed by atoms with van der Waals surface area (Å²) in [6.07, 6.45) is 4.69. The molecule has 1 saturated heterocycles. The molecule has 24 heavy (non-hydrogen) atoms. The van der Waals surface area contributed by atoms with Crippen LogP contribution in [0.1, 0.15) is 48.0 Å². The van der Waals surface area contributed by atoms with E-state index in [-0.39, 0.29) is 23.5 Å². The second-order valence-electron chi connectivity index (χ2n) is 5.52. The highest BCUT2D eigenvalue weighted by molar-refractivity contribution is 5.93. The first-order valence-electron chi connectivity index (χ1n) is 7.62. The predicted octanol–water partition coefficient (Wildman–Crippen LogP) is 2.16. The average molecular weight is 341 g/mol. The number of ether oxygens (including phenoxy) is 1. The zero-order valence-corrected chi connectivity index (χ0v) is 13.1. The van der Waals surface area contributed by atoms with Gasteiger partial charge in [0.15, 0.2) is 11.5 Å². The van der Waals surface area contributed by atoms with E-state index in [1.165, 1.54) is 19.5 Å². The first-order valence-corrected chi connectivity index (χ1v) is 7.62. The van der Waals surface area contributed by atoms with Gasteiger partial charge >= 0.3 is 6.61 Å². The molecule has 3 rings (SSSR count). The number of rotatable bonds is 4. The molecule has 2 aromatic heterocycles. The van der Waals surface area contributed by atoms with Gasteiger partial charge in [-0.15, -0.1) is 0 Å². The number of hydrogen-bond donors (Lipinski definition) is 0. The number of amides is 1. The molecule has 0 aromatic carbocycles. The fourth-order valence-corrected chi connectivity index (χ4v) is 2.85. The third-order valence-corrected chi connectivity index (χ3v) is 3.96. The molecule has 0 N–H and O–H groups in total. The summed E-state index contributed by atoms with van der Waals surface area (Å²) in [5.74, 6) is -0.101. The van der Waals surface area contributed by atoms with Gasteiger partial charge in [0.2, 0.25) is 12.3 Å². The van der Waals surface area contributed by atoms with Crippen molar-refractivity contribution in [3.8, 4) is 5.88 Å². The van der Waals surface area contributed by atoms with Gasteiger partial charge in [-0.3, -0.25) is 4.79 Å². The van der Waals surface area contributed by atoms with Crippen LogP contribution in [0.25, 0.3) is 0 Å². The molecule has 2 aromatic rings. The average Bonchev–Trinajstić information content (AvgIpc) is 3.11. The second-order valence-corrected chi connectivity index (χ2v) is 5.52. The highest BCUT2D eigenvalue weighted by atomic mass is 19.3. The lowest BCUT2D eigenvalue weighted by Crippen LogP contribution is -2.35. The number of halogens is 2. The first-order chi connectivity index (χ1) is 11.6. The smallest absolute Gasteiger partial charge is 0.388 e. The highest BCUT2D eigenvalue weighted by Gasteiger charge is 2.32. The van der Waals surface area contributed by atoms with E-state index in [1.54, 1.807) is 4.90 Å². The van der Waals surface area contributed by atoms with Crippen LogP contribution in [-0.4, -0.2) is 43.9 Å². The van der Waals surface area contributed by atoms with Crippen molar-refractivity contribution in [3.63, 3.8) is 0 Å². The predicted molar refractivity (Wildman–Crippen MR) is 76.4 cm³/mol. The molecule has 1 fully saturated rings. The Labute approximate surface area is 136 Å². The molecule has 0 aliphatic carbocycles. The van der Waals surface area contributed by atoms with Crippen molar-refractivity contribution >= 4 is 5.91 Å². The lowest BCUT2D eigenvalue weighted by Gasteiger charge is -2.26. The van der Waals surface area contributed by atoms with Gasteiger partial charge in [0, 0.05) is 19.7 Å². The number of alkyl halides is 2. The van der Waals surface area contributed by atoms with Crippen LogP contribution in [0.3, 0.4) is 0 Å². The Hall–Kier alpha value is -2.52. The van der Waals surface area contributed by atoms with Crippen LogP contribution in [0.15, 0.2) is 17.0 Å². The van der Waals surface area contributed by atoms with E-state index in [0.717, 1.165) is 23.9 Å². The fourth-order valence-electron chi connectivity index (χ4n) is 2.85. The Balaban J connectivity index is 1.86.